The first-order valence-corrected chi connectivity index (χ1v) is 10.3. The van der Waals surface area contributed by atoms with Crippen LogP contribution >= 0.6 is 0 Å². The number of ether oxygens (including phenoxy) is 2. The van der Waals surface area contributed by atoms with Crippen molar-refractivity contribution < 1.29 is 19.2 Å². The fourth-order valence-corrected chi connectivity index (χ4v) is 3.71. The second-order valence-corrected chi connectivity index (χ2v) is 7.45. The van der Waals surface area contributed by atoms with Gasteiger partial charge in [-0.05, 0) is 56.9 Å². The molecule has 31 heavy (non-hydrogen) atoms. The van der Waals surface area contributed by atoms with E-state index in [0.717, 1.165) is 36.0 Å². The number of rotatable bonds is 6. The Morgan fingerprint density at radius 2 is 2.16 bits per heavy atom. The zero-order valence-electron chi connectivity index (χ0n) is 17.5. The zero-order valence-corrected chi connectivity index (χ0v) is 17.5. The van der Waals surface area contributed by atoms with E-state index in [1.54, 1.807) is 17.7 Å². The van der Waals surface area contributed by atoms with Crippen LogP contribution < -0.4 is 5.32 Å². The number of aromatic nitrogens is 2. The van der Waals surface area contributed by atoms with Crippen molar-refractivity contribution in [2.24, 2.45) is 0 Å². The highest BCUT2D eigenvalue weighted by Crippen LogP contribution is 2.32. The van der Waals surface area contributed by atoms with Gasteiger partial charge in [-0.25, -0.2) is 9.48 Å². The largest absolute Gasteiger partial charge is 0.461 e. The summed E-state index contributed by atoms with van der Waals surface area (Å²) in [7, 11) is 0. The number of carbonyl (C=O) groups is 1. The summed E-state index contributed by atoms with van der Waals surface area (Å²) >= 11 is 0. The topological polar surface area (TPSA) is 109 Å². The average Bonchev–Trinajstić information content (AvgIpc) is 3.15. The third kappa shape index (κ3) is 4.22. The van der Waals surface area contributed by atoms with Gasteiger partial charge in [-0.3, -0.25) is 10.1 Å². The molecule has 2 aromatic carbocycles. The molecule has 1 atom stereocenters. The third-order valence-corrected chi connectivity index (χ3v) is 5.32. The number of hydrogen-bond donors (Lipinski definition) is 1. The van der Waals surface area contributed by atoms with E-state index in [-0.39, 0.29) is 24.2 Å². The first-order chi connectivity index (χ1) is 15.0. The lowest BCUT2D eigenvalue weighted by Gasteiger charge is -2.23. The van der Waals surface area contributed by atoms with Crippen LogP contribution in [0.3, 0.4) is 0 Å². The first-order valence-electron chi connectivity index (χ1n) is 10.3. The van der Waals surface area contributed by atoms with Gasteiger partial charge in [0, 0.05) is 35.5 Å². The molecule has 1 saturated heterocycles. The van der Waals surface area contributed by atoms with Gasteiger partial charge in [-0.1, -0.05) is 6.07 Å². The van der Waals surface area contributed by atoms with E-state index in [0.29, 0.717) is 17.7 Å². The van der Waals surface area contributed by atoms with Crippen molar-refractivity contribution in [3.63, 3.8) is 0 Å². The molecule has 1 aromatic heterocycles. The summed E-state index contributed by atoms with van der Waals surface area (Å²) in [5.41, 5.74) is 3.25. The monoisotopic (exact) mass is 424 g/mol. The van der Waals surface area contributed by atoms with Crippen LogP contribution in [0.15, 0.2) is 36.4 Å². The zero-order chi connectivity index (χ0) is 22.0. The number of aryl methyl sites for hydroxylation is 1. The fourth-order valence-electron chi connectivity index (χ4n) is 3.71. The standard InChI is InChI=1S/C22H24N4O5/c1-3-30-22(27)21-17-10-8-15(23-18-13-16(26(28)29)9-7-14(18)2)12-19(17)25(24-21)20-6-4-5-11-31-20/h7-10,12-13,20,23H,3-6,11H2,1-2H3. The van der Waals surface area contributed by atoms with Crippen LogP contribution in [0.5, 0.6) is 0 Å². The van der Waals surface area contributed by atoms with Gasteiger partial charge in [0.15, 0.2) is 11.9 Å². The molecule has 9 nitrogen and oxygen atoms in total. The Morgan fingerprint density at radius 3 is 2.87 bits per heavy atom. The molecule has 1 N–H and O–H groups in total. The van der Waals surface area contributed by atoms with Crippen LogP contribution in [0, 0.1) is 17.0 Å². The van der Waals surface area contributed by atoms with Crippen molar-refractivity contribution in [1.82, 2.24) is 9.78 Å². The SMILES string of the molecule is CCOC(=O)c1nn(C2CCCCO2)c2cc(Nc3cc([N+](=O)[O-])ccc3C)ccc12. The second kappa shape index (κ2) is 8.73. The molecule has 0 spiro atoms. The highest BCUT2D eigenvalue weighted by Gasteiger charge is 2.24. The molecule has 0 aliphatic carbocycles. The Kier molecular flexibility index (Phi) is 5.85. The van der Waals surface area contributed by atoms with Gasteiger partial charge < -0.3 is 14.8 Å². The van der Waals surface area contributed by atoms with E-state index < -0.39 is 10.9 Å². The van der Waals surface area contributed by atoms with Crippen molar-refractivity contribution in [3.8, 4) is 0 Å². The minimum absolute atomic E-state index is 0.0134. The molecule has 162 valence electrons. The van der Waals surface area contributed by atoms with Crippen molar-refractivity contribution in [2.45, 2.75) is 39.3 Å². The number of hydrogen-bond acceptors (Lipinski definition) is 7. The number of nitrogens with one attached hydrogen (secondary N) is 1. The Morgan fingerprint density at radius 1 is 1.32 bits per heavy atom. The summed E-state index contributed by atoms with van der Waals surface area (Å²) < 4.78 is 12.8. The summed E-state index contributed by atoms with van der Waals surface area (Å²) in [5.74, 6) is -0.475. The number of non-ortho nitro benzene ring substituents is 1. The summed E-state index contributed by atoms with van der Waals surface area (Å²) in [6.45, 7) is 4.54. The molecule has 4 rings (SSSR count). The maximum absolute atomic E-state index is 12.5. The number of nitrogens with zero attached hydrogens (tertiary/aromatic N) is 3. The molecule has 0 bridgehead atoms. The van der Waals surface area contributed by atoms with Crippen LogP contribution in [0.1, 0.15) is 48.5 Å². The smallest absolute Gasteiger partial charge is 0.359 e. The van der Waals surface area contributed by atoms with Crippen LogP contribution in [-0.4, -0.2) is 33.9 Å². The molecule has 1 unspecified atom stereocenters. The van der Waals surface area contributed by atoms with Crippen LogP contribution in [0.4, 0.5) is 17.1 Å². The number of anilines is 2. The van der Waals surface area contributed by atoms with Gasteiger partial charge in [0.05, 0.1) is 17.0 Å². The molecule has 0 saturated carbocycles. The normalized spacial score (nSPS) is 16.3. The predicted octanol–water partition coefficient (Wildman–Crippen LogP) is 4.87. The second-order valence-electron chi connectivity index (χ2n) is 7.45. The van der Waals surface area contributed by atoms with Crippen LogP contribution in [-0.2, 0) is 9.47 Å². The highest BCUT2D eigenvalue weighted by molar-refractivity contribution is 6.03. The molecule has 0 amide bonds. The van der Waals surface area contributed by atoms with Gasteiger partial charge in [0.25, 0.3) is 5.69 Å². The van der Waals surface area contributed by atoms with Crippen molar-refractivity contribution in [3.05, 3.63) is 57.8 Å². The Bertz CT molecular complexity index is 1130. The van der Waals surface area contributed by atoms with Crippen LogP contribution in [0.2, 0.25) is 0 Å². The highest BCUT2D eigenvalue weighted by atomic mass is 16.6. The van der Waals surface area contributed by atoms with E-state index in [4.69, 9.17) is 9.47 Å². The van der Waals surface area contributed by atoms with Crippen molar-refractivity contribution >= 4 is 33.9 Å². The number of nitro groups is 1. The van der Waals surface area contributed by atoms with E-state index in [2.05, 4.69) is 10.4 Å². The average molecular weight is 424 g/mol. The number of benzene rings is 2. The quantitative estimate of drug-likeness (QED) is 0.341. The Hall–Kier alpha value is -3.46. The van der Waals surface area contributed by atoms with Gasteiger partial charge in [0.1, 0.15) is 0 Å². The van der Waals surface area contributed by atoms with Gasteiger partial charge >= 0.3 is 5.97 Å². The number of esters is 1. The molecule has 0 radical (unpaired) electrons. The van der Waals surface area contributed by atoms with E-state index in [1.807, 2.05) is 25.1 Å². The lowest BCUT2D eigenvalue weighted by Crippen LogP contribution is -2.19. The van der Waals surface area contributed by atoms with Gasteiger partial charge in [-0.15, -0.1) is 0 Å². The Labute approximate surface area is 179 Å². The van der Waals surface area contributed by atoms with E-state index in [1.165, 1.54) is 12.1 Å². The number of carbonyl (C=O) groups excluding carboxylic acids is 1. The van der Waals surface area contributed by atoms with E-state index >= 15 is 0 Å². The maximum atomic E-state index is 12.5. The van der Waals surface area contributed by atoms with Crippen molar-refractivity contribution in [1.29, 1.82) is 0 Å². The molecule has 1 aliphatic heterocycles. The van der Waals surface area contributed by atoms with Gasteiger partial charge in [-0.2, -0.15) is 5.10 Å². The van der Waals surface area contributed by atoms with E-state index in [9.17, 15) is 14.9 Å². The minimum atomic E-state index is -0.475. The number of fused-ring (bicyclic) bond motifs is 1. The molecule has 1 aliphatic rings. The predicted molar refractivity (Wildman–Crippen MR) is 116 cm³/mol. The molecule has 1 fully saturated rings. The lowest BCUT2D eigenvalue weighted by molar-refractivity contribution is -0.384. The molecule has 9 heteroatoms. The number of nitro benzene ring substituents is 1. The molecule has 2 heterocycles. The molecular formula is C22H24N4O5. The molecule has 3 aromatic rings. The first kappa shape index (κ1) is 20.8. The summed E-state index contributed by atoms with van der Waals surface area (Å²) in [6, 6.07) is 10.2. The molecular weight excluding hydrogens is 400 g/mol. The Balaban J connectivity index is 1.76. The fraction of sp³-hybridized carbons (Fsp3) is 0.364. The van der Waals surface area contributed by atoms with Crippen molar-refractivity contribution in [2.75, 3.05) is 18.5 Å². The summed E-state index contributed by atoms with van der Waals surface area (Å²) in [6.07, 6.45) is 2.57. The summed E-state index contributed by atoms with van der Waals surface area (Å²) in [5, 5.41) is 19.6. The third-order valence-electron chi connectivity index (χ3n) is 5.32. The maximum Gasteiger partial charge on any atom is 0.359 e. The van der Waals surface area contributed by atoms with Crippen LogP contribution in [0.25, 0.3) is 10.9 Å². The minimum Gasteiger partial charge on any atom is -0.461 e. The van der Waals surface area contributed by atoms with Gasteiger partial charge in [0.2, 0.25) is 0 Å². The summed E-state index contributed by atoms with van der Waals surface area (Å²) in [4.78, 5) is 23.2. The lowest BCUT2D eigenvalue weighted by atomic mass is 10.1.